The molecule has 0 bridgehead atoms. The summed E-state index contributed by atoms with van der Waals surface area (Å²) in [5, 5.41) is 3.46. The number of hydrogen-bond donors (Lipinski definition) is 1. The van der Waals surface area contributed by atoms with Crippen LogP contribution in [0.2, 0.25) is 0 Å². The van der Waals surface area contributed by atoms with E-state index in [0.29, 0.717) is 12.0 Å². The molecule has 1 aromatic heterocycles. The summed E-state index contributed by atoms with van der Waals surface area (Å²) in [4.78, 5) is 11.0. The van der Waals surface area contributed by atoms with Gasteiger partial charge in [-0.3, -0.25) is 4.99 Å². The number of halogens is 1. The van der Waals surface area contributed by atoms with E-state index in [9.17, 15) is 4.39 Å². The number of benzene rings is 1. The summed E-state index contributed by atoms with van der Waals surface area (Å²) in [5.74, 6) is 1.40. The number of imidazole rings is 1. The third-order valence-corrected chi connectivity index (χ3v) is 5.15. The van der Waals surface area contributed by atoms with Crippen molar-refractivity contribution in [1.82, 2.24) is 19.8 Å². The first-order valence-corrected chi connectivity index (χ1v) is 9.35. The van der Waals surface area contributed by atoms with Gasteiger partial charge in [-0.15, -0.1) is 0 Å². The number of guanidine groups is 1. The fourth-order valence-electron chi connectivity index (χ4n) is 3.61. The summed E-state index contributed by atoms with van der Waals surface area (Å²) in [5.41, 5.74) is 1.04. The Bertz CT molecular complexity index is 713. The van der Waals surface area contributed by atoms with Gasteiger partial charge in [0.05, 0.1) is 12.4 Å². The average molecular weight is 357 g/mol. The van der Waals surface area contributed by atoms with Crippen LogP contribution in [0, 0.1) is 11.7 Å². The van der Waals surface area contributed by atoms with Crippen molar-refractivity contribution in [2.45, 2.75) is 32.2 Å². The Hall–Kier alpha value is -2.37. The van der Waals surface area contributed by atoms with Gasteiger partial charge in [-0.1, -0.05) is 19.1 Å². The largest absolute Gasteiger partial charge is 0.356 e. The molecule has 1 fully saturated rings. The minimum atomic E-state index is -0.167. The Morgan fingerprint density at radius 1 is 1.42 bits per heavy atom. The summed E-state index contributed by atoms with van der Waals surface area (Å²) in [7, 11) is 1.83. The van der Waals surface area contributed by atoms with Crippen molar-refractivity contribution in [2.75, 3.05) is 26.7 Å². The fraction of sp³-hybridized carbons (Fsp3) is 0.500. The molecule has 0 aliphatic carbocycles. The molecule has 2 heterocycles. The van der Waals surface area contributed by atoms with Crippen LogP contribution in [0.4, 0.5) is 4.39 Å². The molecular weight excluding hydrogens is 329 g/mol. The molecule has 2 unspecified atom stereocenters. The minimum absolute atomic E-state index is 0.167. The van der Waals surface area contributed by atoms with Gasteiger partial charge in [0, 0.05) is 39.1 Å². The normalized spacial score (nSPS) is 21.0. The molecule has 1 aliphatic heterocycles. The van der Waals surface area contributed by atoms with Gasteiger partial charge in [-0.05, 0) is 42.9 Å². The second kappa shape index (κ2) is 8.83. The molecule has 0 saturated carbocycles. The zero-order chi connectivity index (χ0) is 18.4. The molecule has 1 aliphatic rings. The number of aliphatic imine (C=N–C) groups is 1. The lowest BCUT2D eigenvalue weighted by atomic mass is 9.93. The van der Waals surface area contributed by atoms with E-state index in [-0.39, 0.29) is 5.82 Å². The quantitative estimate of drug-likeness (QED) is 0.508. The average Bonchev–Trinajstić information content (AvgIpc) is 3.17. The Kier molecular flexibility index (Phi) is 6.26. The Balaban J connectivity index is 1.50. The maximum absolute atomic E-state index is 13.2. The molecule has 6 heteroatoms. The number of aryl methyl sites for hydroxylation is 1. The topological polar surface area (TPSA) is 45.5 Å². The fourth-order valence-corrected chi connectivity index (χ4v) is 3.61. The van der Waals surface area contributed by atoms with Crippen LogP contribution in [-0.4, -0.2) is 47.1 Å². The van der Waals surface area contributed by atoms with Gasteiger partial charge in [0.2, 0.25) is 0 Å². The summed E-state index contributed by atoms with van der Waals surface area (Å²) < 4.78 is 15.4. The van der Waals surface area contributed by atoms with Crippen molar-refractivity contribution < 1.29 is 4.39 Å². The van der Waals surface area contributed by atoms with Crippen molar-refractivity contribution in [3.05, 3.63) is 54.4 Å². The van der Waals surface area contributed by atoms with E-state index < -0.39 is 0 Å². The van der Waals surface area contributed by atoms with Gasteiger partial charge in [0.15, 0.2) is 5.96 Å². The zero-order valence-corrected chi connectivity index (χ0v) is 15.6. The van der Waals surface area contributed by atoms with Crippen molar-refractivity contribution >= 4 is 5.96 Å². The van der Waals surface area contributed by atoms with Gasteiger partial charge < -0.3 is 14.8 Å². The molecule has 3 rings (SSSR count). The number of rotatable bonds is 5. The van der Waals surface area contributed by atoms with Gasteiger partial charge in [-0.2, -0.15) is 0 Å². The highest BCUT2D eigenvalue weighted by Gasteiger charge is 2.28. The molecule has 0 amide bonds. The smallest absolute Gasteiger partial charge is 0.193 e. The minimum Gasteiger partial charge on any atom is -0.356 e. The Labute approximate surface area is 155 Å². The highest BCUT2D eigenvalue weighted by Crippen LogP contribution is 2.27. The molecule has 2 aromatic rings. The third-order valence-electron chi connectivity index (χ3n) is 5.15. The van der Waals surface area contributed by atoms with Crippen LogP contribution in [0.5, 0.6) is 0 Å². The second-order valence-corrected chi connectivity index (χ2v) is 7.00. The molecule has 1 saturated heterocycles. The highest BCUT2D eigenvalue weighted by molar-refractivity contribution is 5.80. The predicted octanol–water partition coefficient (Wildman–Crippen LogP) is 3.11. The highest BCUT2D eigenvalue weighted by atomic mass is 19.1. The van der Waals surface area contributed by atoms with E-state index in [4.69, 9.17) is 0 Å². The lowest BCUT2D eigenvalue weighted by Gasteiger charge is -2.39. The van der Waals surface area contributed by atoms with E-state index in [1.165, 1.54) is 6.07 Å². The lowest BCUT2D eigenvalue weighted by molar-refractivity contribution is 0.189. The number of piperidine rings is 1. The van der Waals surface area contributed by atoms with Crippen molar-refractivity contribution in [3.63, 3.8) is 0 Å². The molecule has 26 heavy (non-hydrogen) atoms. The third kappa shape index (κ3) is 4.62. The molecule has 2 atom stereocenters. The van der Waals surface area contributed by atoms with Crippen LogP contribution in [-0.2, 0) is 6.42 Å². The van der Waals surface area contributed by atoms with E-state index in [1.807, 2.05) is 31.8 Å². The number of aromatic nitrogens is 2. The van der Waals surface area contributed by atoms with Crippen LogP contribution in [0.1, 0.15) is 31.4 Å². The monoisotopic (exact) mass is 357 g/mol. The first-order valence-electron chi connectivity index (χ1n) is 9.35. The number of likely N-dealkylation sites (tertiary alicyclic amines) is 1. The van der Waals surface area contributed by atoms with Crippen LogP contribution in [0.15, 0.2) is 48.0 Å². The molecule has 1 N–H and O–H groups in total. The standard InChI is InChI=1S/C20H28FN5/c1-16-8-11-25(14-19(16)26-12-10-23-15-26)20(22-2)24-9-4-6-17-5-3-7-18(21)13-17/h3,5,7,10,12-13,15-16,19H,4,6,8-9,11,14H2,1-2H3,(H,22,24). The second-order valence-electron chi connectivity index (χ2n) is 7.00. The van der Waals surface area contributed by atoms with E-state index in [2.05, 4.69) is 31.7 Å². The number of hydrogen-bond acceptors (Lipinski definition) is 2. The van der Waals surface area contributed by atoms with E-state index in [0.717, 1.165) is 50.4 Å². The Morgan fingerprint density at radius 3 is 3.04 bits per heavy atom. The molecular formula is C20H28FN5. The maximum Gasteiger partial charge on any atom is 0.193 e. The summed E-state index contributed by atoms with van der Waals surface area (Å²) >= 11 is 0. The SMILES string of the molecule is CN=C(NCCCc1cccc(F)c1)N1CCC(C)C(n2ccnc2)C1. The Morgan fingerprint density at radius 2 is 2.31 bits per heavy atom. The summed E-state index contributed by atoms with van der Waals surface area (Å²) in [6.07, 6.45) is 8.71. The van der Waals surface area contributed by atoms with E-state index in [1.54, 1.807) is 12.1 Å². The van der Waals surface area contributed by atoms with Crippen LogP contribution in [0.3, 0.4) is 0 Å². The molecule has 0 spiro atoms. The molecule has 5 nitrogen and oxygen atoms in total. The summed E-state index contributed by atoms with van der Waals surface area (Å²) in [6, 6.07) is 7.24. The van der Waals surface area contributed by atoms with E-state index >= 15 is 0 Å². The van der Waals surface area contributed by atoms with Crippen molar-refractivity contribution in [3.8, 4) is 0 Å². The zero-order valence-electron chi connectivity index (χ0n) is 15.6. The first kappa shape index (κ1) is 18.4. The van der Waals surface area contributed by atoms with Gasteiger partial charge in [-0.25, -0.2) is 9.37 Å². The first-order chi connectivity index (χ1) is 12.7. The van der Waals surface area contributed by atoms with Gasteiger partial charge >= 0.3 is 0 Å². The number of nitrogens with one attached hydrogen (secondary N) is 1. The molecule has 140 valence electrons. The van der Waals surface area contributed by atoms with Crippen LogP contribution < -0.4 is 5.32 Å². The van der Waals surface area contributed by atoms with Crippen molar-refractivity contribution in [2.24, 2.45) is 10.9 Å². The predicted molar refractivity (Wildman–Crippen MR) is 103 cm³/mol. The summed E-state index contributed by atoms with van der Waals surface area (Å²) in [6.45, 7) is 5.07. The van der Waals surface area contributed by atoms with Crippen molar-refractivity contribution in [1.29, 1.82) is 0 Å². The molecule has 1 aromatic carbocycles. The van der Waals surface area contributed by atoms with Crippen LogP contribution in [0.25, 0.3) is 0 Å². The maximum atomic E-state index is 13.2. The number of nitrogens with zero attached hydrogens (tertiary/aromatic N) is 4. The van der Waals surface area contributed by atoms with Crippen LogP contribution >= 0.6 is 0 Å². The molecule has 0 radical (unpaired) electrons. The van der Waals surface area contributed by atoms with Gasteiger partial charge in [0.1, 0.15) is 5.82 Å². The van der Waals surface area contributed by atoms with Gasteiger partial charge in [0.25, 0.3) is 0 Å². The lowest BCUT2D eigenvalue weighted by Crippen LogP contribution is -2.49.